The molecule has 4 heteroatoms. The van der Waals surface area contributed by atoms with E-state index in [1.807, 2.05) is 0 Å². The fourth-order valence-electron chi connectivity index (χ4n) is 0.970. The highest BCUT2D eigenvalue weighted by molar-refractivity contribution is 5.75. The topological polar surface area (TPSA) is 63.6 Å². The number of rotatable bonds is 5. The molecule has 0 aromatic heterocycles. The van der Waals surface area contributed by atoms with Gasteiger partial charge in [-0.2, -0.15) is 0 Å². The summed E-state index contributed by atoms with van der Waals surface area (Å²) >= 11 is 0. The van der Waals surface area contributed by atoms with Gasteiger partial charge < -0.3 is 9.84 Å². The van der Waals surface area contributed by atoms with E-state index in [0.717, 1.165) is 0 Å². The summed E-state index contributed by atoms with van der Waals surface area (Å²) in [6.07, 6.45) is 0.716. The lowest BCUT2D eigenvalue weighted by Crippen LogP contribution is -2.17. The normalized spacial score (nSPS) is 11.8. The zero-order chi connectivity index (χ0) is 11.3. The van der Waals surface area contributed by atoms with Crippen molar-refractivity contribution in [3.63, 3.8) is 0 Å². The predicted molar refractivity (Wildman–Crippen MR) is 54.1 cm³/mol. The molecule has 0 aliphatic carbocycles. The lowest BCUT2D eigenvalue weighted by molar-refractivity contribution is -0.142. The van der Waals surface area contributed by atoms with Crippen molar-refractivity contribution in [2.24, 2.45) is 5.92 Å². The van der Waals surface area contributed by atoms with Crippen LogP contribution in [-0.2, 0) is 4.79 Å². The number of carbonyl (C=O) groups is 2. The van der Waals surface area contributed by atoms with E-state index >= 15 is 0 Å². The minimum absolute atomic E-state index is 0.0949. The summed E-state index contributed by atoms with van der Waals surface area (Å²) in [6, 6.07) is 6.59. The first-order valence-corrected chi connectivity index (χ1v) is 4.54. The van der Waals surface area contributed by atoms with Crippen LogP contribution in [0.25, 0.3) is 0 Å². The van der Waals surface area contributed by atoms with Gasteiger partial charge in [-0.3, -0.25) is 9.59 Å². The number of aldehydes is 1. The van der Waals surface area contributed by atoms with E-state index in [4.69, 9.17) is 9.84 Å². The highest BCUT2D eigenvalue weighted by atomic mass is 16.5. The summed E-state index contributed by atoms with van der Waals surface area (Å²) in [5, 5.41) is 8.62. The third-order valence-corrected chi connectivity index (χ3v) is 1.92. The summed E-state index contributed by atoms with van der Waals surface area (Å²) < 4.78 is 5.23. The SMILES string of the molecule is CC(COc1cccc(C=O)c1)C(=O)O. The van der Waals surface area contributed by atoms with Gasteiger partial charge >= 0.3 is 5.97 Å². The molecule has 0 saturated heterocycles. The number of carboxylic acid groups (broad SMARTS) is 1. The van der Waals surface area contributed by atoms with Crippen molar-refractivity contribution in [1.29, 1.82) is 0 Å². The van der Waals surface area contributed by atoms with Crippen molar-refractivity contribution in [1.82, 2.24) is 0 Å². The van der Waals surface area contributed by atoms with Gasteiger partial charge in [-0.15, -0.1) is 0 Å². The first-order chi connectivity index (χ1) is 7.13. The second-order valence-corrected chi connectivity index (χ2v) is 3.24. The molecule has 1 atom stereocenters. The van der Waals surface area contributed by atoms with Crippen LogP contribution in [0.2, 0.25) is 0 Å². The molecule has 0 radical (unpaired) electrons. The van der Waals surface area contributed by atoms with Crippen molar-refractivity contribution in [3.05, 3.63) is 29.8 Å². The van der Waals surface area contributed by atoms with E-state index in [2.05, 4.69) is 0 Å². The maximum Gasteiger partial charge on any atom is 0.309 e. The van der Waals surface area contributed by atoms with Crippen molar-refractivity contribution in [2.45, 2.75) is 6.92 Å². The molecule has 1 aromatic carbocycles. The van der Waals surface area contributed by atoms with E-state index in [0.29, 0.717) is 17.6 Å². The Kier molecular flexibility index (Phi) is 3.85. The highest BCUT2D eigenvalue weighted by Gasteiger charge is 2.11. The van der Waals surface area contributed by atoms with Crippen molar-refractivity contribution in [2.75, 3.05) is 6.61 Å². The monoisotopic (exact) mass is 208 g/mol. The van der Waals surface area contributed by atoms with Gasteiger partial charge in [0.15, 0.2) is 0 Å². The molecule has 0 heterocycles. The van der Waals surface area contributed by atoms with Gasteiger partial charge in [0.1, 0.15) is 18.6 Å². The van der Waals surface area contributed by atoms with Crippen LogP contribution in [0.5, 0.6) is 5.75 Å². The number of aliphatic carboxylic acids is 1. The van der Waals surface area contributed by atoms with Gasteiger partial charge in [-0.05, 0) is 19.1 Å². The standard InChI is InChI=1S/C11H12O4/c1-8(11(13)14)7-15-10-4-2-3-9(5-10)6-12/h2-6,8H,7H2,1H3,(H,13,14). The van der Waals surface area contributed by atoms with Crippen LogP contribution in [0.15, 0.2) is 24.3 Å². The summed E-state index contributed by atoms with van der Waals surface area (Å²) in [4.78, 5) is 21.0. The Morgan fingerprint density at radius 3 is 2.93 bits per heavy atom. The number of carboxylic acids is 1. The van der Waals surface area contributed by atoms with Crippen molar-refractivity contribution in [3.8, 4) is 5.75 Å². The number of carbonyl (C=O) groups excluding carboxylic acids is 1. The van der Waals surface area contributed by atoms with Crippen LogP contribution in [0.3, 0.4) is 0 Å². The fraction of sp³-hybridized carbons (Fsp3) is 0.273. The van der Waals surface area contributed by atoms with E-state index in [1.165, 1.54) is 0 Å². The molecule has 0 spiro atoms. The largest absolute Gasteiger partial charge is 0.493 e. The second kappa shape index (κ2) is 5.14. The third kappa shape index (κ3) is 3.42. The molecule has 0 fully saturated rings. The van der Waals surface area contributed by atoms with Gasteiger partial charge in [0.25, 0.3) is 0 Å². The zero-order valence-corrected chi connectivity index (χ0v) is 8.34. The van der Waals surface area contributed by atoms with Crippen LogP contribution in [-0.4, -0.2) is 24.0 Å². The highest BCUT2D eigenvalue weighted by Crippen LogP contribution is 2.13. The van der Waals surface area contributed by atoms with Gasteiger partial charge in [-0.1, -0.05) is 12.1 Å². The molecule has 1 aromatic rings. The van der Waals surface area contributed by atoms with Crippen LogP contribution < -0.4 is 4.74 Å². The van der Waals surface area contributed by atoms with E-state index in [-0.39, 0.29) is 6.61 Å². The lowest BCUT2D eigenvalue weighted by atomic mass is 10.2. The fourth-order valence-corrected chi connectivity index (χ4v) is 0.970. The summed E-state index contributed by atoms with van der Waals surface area (Å²) in [7, 11) is 0. The average Bonchev–Trinajstić information content (AvgIpc) is 2.26. The number of benzene rings is 1. The van der Waals surface area contributed by atoms with Gasteiger partial charge in [0, 0.05) is 5.56 Å². The Morgan fingerprint density at radius 2 is 2.33 bits per heavy atom. The van der Waals surface area contributed by atoms with Gasteiger partial charge in [0.05, 0.1) is 5.92 Å². The second-order valence-electron chi connectivity index (χ2n) is 3.24. The zero-order valence-electron chi connectivity index (χ0n) is 8.34. The molecule has 0 amide bonds. The summed E-state index contributed by atoms with van der Waals surface area (Å²) in [5.41, 5.74) is 0.510. The maximum absolute atomic E-state index is 10.5. The quantitative estimate of drug-likeness (QED) is 0.746. The van der Waals surface area contributed by atoms with E-state index in [1.54, 1.807) is 31.2 Å². The molecular weight excluding hydrogens is 196 g/mol. The molecule has 0 bridgehead atoms. The molecular formula is C11H12O4. The Hall–Kier alpha value is -1.84. The molecule has 0 saturated carbocycles. The molecule has 1 unspecified atom stereocenters. The molecule has 0 aliphatic rings. The first-order valence-electron chi connectivity index (χ1n) is 4.54. The van der Waals surface area contributed by atoms with Crippen LogP contribution in [0, 0.1) is 5.92 Å². The minimum Gasteiger partial charge on any atom is -0.493 e. The first kappa shape index (κ1) is 11.2. The van der Waals surface area contributed by atoms with Crippen LogP contribution >= 0.6 is 0 Å². The number of hydrogen-bond acceptors (Lipinski definition) is 3. The Balaban J connectivity index is 2.57. The molecule has 1 rings (SSSR count). The molecule has 0 aliphatic heterocycles. The lowest BCUT2D eigenvalue weighted by Gasteiger charge is -2.09. The third-order valence-electron chi connectivity index (χ3n) is 1.92. The Bertz CT molecular complexity index is 359. The molecule has 1 N–H and O–H groups in total. The van der Waals surface area contributed by atoms with Gasteiger partial charge in [0.2, 0.25) is 0 Å². The Morgan fingerprint density at radius 1 is 1.60 bits per heavy atom. The average molecular weight is 208 g/mol. The number of hydrogen-bond donors (Lipinski definition) is 1. The van der Waals surface area contributed by atoms with E-state index < -0.39 is 11.9 Å². The van der Waals surface area contributed by atoms with Gasteiger partial charge in [-0.25, -0.2) is 0 Å². The smallest absolute Gasteiger partial charge is 0.309 e. The van der Waals surface area contributed by atoms with Crippen molar-refractivity contribution < 1.29 is 19.4 Å². The Labute approximate surface area is 87.5 Å². The van der Waals surface area contributed by atoms with E-state index in [9.17, 15) is 9.59 Å². The maximum atomic E-state index is 10.5. The van der Waals surface area contributed by atoms with Crippen LogP contribution in [0.4, 0.5) is 0 Å². The molecule has 15 heavy (non-hydrogen) atoms. The summed E-state index contributed by atoms with van der Waals surface area (Å²) in [6.45, 7) is 1.66. The molecule has 80 valence electrons. The minimum atomic E-state index is -0.901. The van der Waals surface area contributed by atoms with Crippen LogP contribution in [0.1, 0.15) is 17.3 Å². The molecule has 4 nitrogen and oxygen atoms in total. The van der Waals surface area contributed by atoms with Crippen molar-refractivity contribution >= 4 is 12.3 Å². The summed E-state index contributed by atoms with van der Waals surface area (Å²) in [5.74, 6) is -0.959. The predicted octanol–water partition coefficient (Wildman–Crippen LogP) is 1.60. The number of ether oxygens (including phenoxy) is 1.